The van der Waals surface area contributed by atoms with Gasteiger partial charge in [-0.2, -0.15) is 0 Å². The average Bonchev–Trinajstić information content (AvgIpc) is 2.89. The van der Waals surface area contributed by atoms with E-state index in [0.29, 0.717) is 12.0 Å². The summed E-state index contributed by atoms with van der Waals surface area (Å²) < 4.78 is 50.3. The number of carbonyl (C=O) groups is 1. The topological polar surface area (TPSA) is 74.7 Å². The summed E-state index contributed by atoms with van der Waals surface area (Å²) in [7, 11) is -3.63. The molecule has 0 radical (unpaired) electrons. The number of carboxylic acids is 1. The van der Waals surface area contributed by atoms with Gasteiger partial charge in [-0.3, -0.25) is 4.79 Å². The highest BCUT2D eigenvalue weighted by Gasteiger charge is 2.34. The fourth-order valence-corrected chi connectivity index (χ4v) is 3.83. The molecule has 1 atom stereocenters. The SMILES string of the molecule is O=C(O)C1CCN(S(=O)(=O)Cc2ccc(C(F)F)cc2)C1. The van der Waals surface area contributed by atoms with Crippen molar-refractivity contribution in [1.29, 1.82) is 0 Å². The van der Waals surface area contributed by atoms with Gasteiger partial charge in [-0.25, -0.2) is 21.5 Å². The summed E-state index contributed by atoms with van der Waals surface area (Å²) in [5, 5.41) is 8.88. The van der Waals surface area contributed by atoms with Crippen LogP contribution in [0.2, 0.25) is 0 Å². The van der Waals surface area contributed by atoms with Gasteiger partial charge in [0.1, 0.15) is 0 Å². The number of carboxylic acid groups (broad SMARTS) is 1. The third-order valence-corrected chi connectivity index (χ3v) is 5.29. The van der Waals surface area contributed by atoms with E-state index in [-0.39, 0.29) is 24.4 Å². The van der Waals surface area contributed by atoms with Gasteiger partial charge < -0.3 is 5.11 Å². The zero-order valence-corrected chi connectivity index (χ0v) is 11.9. The molecule has 1 saturated heterocycles. The van der Waals surface area contributed by atoms with Crippen molar-refractivity contribution in [1.82, 2.24) is 4.31 Å². The Kier molecular flexibility index (Phi) is 4.58. The van der Waals surface area contributed by atoms with E-state index in [2.05, 4.69) is 0 Å². The molecule has 1 fully saturated rings. The van der Waals surface area contributed by atoms with Crippen LogP contribution in [0.4, 0.5) is 8.78 Å². The minimum absolute atomic E-state index is 0.0349. The van der Waals surface area contributed by atoms with Crippen LogP contribution in [0.5, 0.6) is 0 Å². The van der Waals surface area contributed by atoms with Gasteiger partial charge in [-0.05, 0) is 12.0 Å². The summed E-state index contributed by atoms with van der Waals surface area (Å²) in [6.45, 7) is 0.140. The number of halogens is 2. The highest BCUT2D eigenvalue weighted by molar-refractivity contribution is 7.88. The molecule has 0 amide bonds. The highest BCUT2D eigenvalue weighted by Crippen LogP contribution is 2.23. The number of aliphatic carboxylic acids is 1. The van der Waals surface area contributed by atoms with Gasteiger partial charge >= 0.3 is 5.97 Å². The molecule has 0 saturated carbocycles. The van der Waals surface area contributed by atoms with Gasteiger partial charge in [0, 0.05) is 18.7 Å². The van der Waals surface area contributed by atoms with E-state index in [1.54, 1.807) is 0 Å². The lowest BCUT2D eigenvalue weighted by Gasteiger charge is -2.16. The molecule has 8 heteroatoms. The van der Waals surface area contributed by atoms with Crippen LogP contribution in [0.1, 0.15) is 24.0 Å². The molecule has 116 valence electrons. The molecule has 0 bridgehead atoms. The molecule has 5 nitrogen and oxygen atoms in total. The Labute approximate surface area is 121 Å². The quantitative estimate of drug-likeness (QED) is 0.899. The van der Waals surface area contributed by atoms with E-state index in [1.807, 2.05) is 0 Å². The number of hydrogen-bond donors (Lipinski definition) is 1. The number of benzene rings is 1. The van der Waals surface area contributed by atoms with E-state index in [0.717, 1.165) is 4.31 Å². The van der Waals surface area contributed by atoms with Crippen molar-refractivity contribution >= 4 is 16.0 Å². The second kappa shape index (κ2) is 6.07. The Morgan fingerprint density at radius 3 is 2.43 bits per heavy atom. The van der Waals surface area contributed by atoms with Gasteiger partial charge in [0.05, 0.1) is 11.7 Å². The Balaban J connectivity index is 2.06. The molecule has 1 unspecified atom stereocenters. The summed E-state index contributed by atoms with van der Waals surface area (Å²) in [5.74, 6) is -2.00. The van der Waals surface area contributed by atoms with E-state index in [9.17, 15) is 22.0 Å². The van der Waals surface area contributed by atoms with Crippen LogP contribution in [0, 0.1) is 5.92 Å². The number of sulfonamides is 1. The van der Waals surface area contributed by atoms with Crippen molar-refractivity contribution in [2.75, 3.05) is 13.1 Å². The molecule has 0 spiro atoms. The molecule has 0 aromatic heterocycles. The van der Waals surface area contributed by atoms with E-state index >= 15 is 0 Å². The van der Waals surface area contributed by atoms with Gasteiger partial charge in [0.25, 0.3) is 6.43 Å². The Bertz CT molecular complexity index is 616. The zero-order valence-electron chi connectivity index (χ0n) is 11.1. The van der Waals surface area contributed by atoms with Crippen molar-refractivity contribution < 1.29 is 27.1 Å². The van der Waals surface area contributed by atoms with Gasteiger partial charge in [-0.1, -0.05) is 24.3 Å². The second-order valence-corrected chi connectivity index (χ2v) is 6.95. The lowest BCUT2D eigenvalue weighted by atomic mass is 10.1. The normalized spacial score (nSPS) is 20.0. The van der Waals surface area contributed by atoms with Crippen molar-refractivity contribution in [3.05, 3.63) is 35.4 Å². The van der Waals surface area contributed by atoms with Gasteiger partial charge in [0.15, 0.2) is 0 Å². The maximum absolute atomic E-state index is 12.4. The lowest BCUT2D eigenvalue weighted by molar-refractivity contribution is -0.141. The van der Waals surface area contributed by atoms with Crippen LogP contribution in [0.3, 0.4) is 0 Å². The van der Waals surface area contributed by atoms with Crippen molar-refractivity contribution in [2.24, 2.45) is 5.92 Å². The summed E-state index contributed by atoms with van der Waals surface area (Å²) in [4.78, 5) is 10.8. The second-order valence-electron chi connectivity index (χ2n) is 4.98. The molecule has 2 rings (SSSR count). The minimum Gasteiger partial charge on any atom is -0.481 e. The maximum atomic E-state index is 12.4. The van der Waals surface area contributed by atoms with Crippen molar-refractivity contribution in [3.63, 3.8) is 0 Å². The number of nitrogens with zero attached hydrogens (tertiary/aromatic N) is 1. The first-order valence-corrected chi connectivity index (χ1v) is 7.98. The highest BCUT2D eigenvalue weighted by atomic mass is 32.2. The molecule has 0 aliphatic carbocycles. The molecule has 1 heterocycles. The Hall–Kier alpha value is -1.54. The van der Waals surface area contributed by atoms with Crippen LogP contribution >= 0.6 is 0 Å². The van der Waals surface area contributed by atoms with E-state index < -0.39 is 28.3 Å². The molecule has 1 aromatic rings. The fourth-order valence-electron chi connectivity index (χ4n) is 2.24. The van der Waals surface area contributed by atoms with Gasteiger partial charge in [0.2, 0.25) is 10.0 Å². The van der Waals surface area contributed by atoms with Crippen LogP contribution in [-0.4, -0.2) is 36.9 Å². The van der Waals surface area contributed by atoms with E-state index in [4.69, 9.17) is 5.11 Å². The smallest absolute Gasteiger partial charge is 0.307 e. The lowest BCUT2D eigenvalue weighted by Crippen LogP contribution is -2.31. The number of rotatable bonds is 5. The summed E-state index contributed by atoms with van der Waals surface area (Å²) >= 11 is 0. The largest absolute Gasteiger partial charge is 0.481 e. The van der Waals surface area contributed by atoms with E-state index in [1.165, 1.54) is 24.3 Å². The Morgan fingerprint density at radius 2 is 1.95 bits per heavy atom. The minimum atomic E-state index is -3.63. The predicted molar refractivity (Wildman–Crippen MR) is 71.3 cm³/mol. The Morgan fingerprint density at radius 1 is 1.33 bits per heavy atom. The third-order valence-electron chi connectivity index (χ3n) is 3.47. The molecule has 1 aliphatic heterocycles. The fraction of sp³-hybridized carbons (Fsp3) is 0.462. The third kappa shape index (κ3) is 3.76. The van der Waals surface area contributed by atoms with Crippen LogP contribution in [0.25, 0.3) is 0 Å². The summed E-state index contributed by atoms with van der Waals surface area (Å²) in [5.41, 5.74) is 0.237. The molecule has 21 heavy (non-hydrogen) atoms. The predicted octanol–water partition coefficient (Wildman–Crippen LogP) is 1.86. The number of alkyl halides is 2. The molecule has 1 aliphatic rings. The van der Waals surface area contributed by atoms with Crippen LogP contribution in [-0.2, 0) is 20.6 Å². The number of hydrogen-bond acceptors (Lipinski definition) is 3. The molecule has 1 N–H and O–H groups in total. The van der Waals surface area contributed by atoms with Crippen molar-refractivity contribution in [2.45, 2.75) is 18.6 Å². The zero-order chi connectivity index (χ0) is 15.6. The summed E-state index contributed by atoms with van der Waals surface area (Å²) in [6, 6.07) is 5.09. The maximum Gasteiger partial charge on any atom is 0.307 e. The first kappa shape index (κ1) is 15.8. The van der Waals surface area contributed by atoms with Gasteiger partial charge in [-0.15, -0.1) is 0 Å². The first-order chi connectivity index (χ1) is 9.79. The molecule has 1 aromatic carbocycles. The average molecular weight is 319 g/mol. The first-order valence-electron chi connectivity index (χ1n) is 6.37. The van der Waals surface area contributed by atoms with Crippen molar-refractivity contribution in [3.8, 4) is 0 Å². The molecular weight excluding hydrogens is 304 g/mol. The van der Waals surface area contributed by atoms with Crippen LogP contribution in [0.15, 0.2) is 24.3 Å². The standard InChI is InChI=1S/C13H15F2NO4S/c14-12(15)10-3-1-9(2-4-10)8-21(19,20)16-6-5-11(7-16)13(17)18/h1-4,11-12H,5-8H2,(H,17,18). The monoisotopic (exact) mass is 319 g/mol. The van der Waals surface area contributed by atoms with Crippen LogP contribution < -0.4 is 0 Å². The molecular formula is C13H15F2NO4S. The summed E-state index contributed by atoms with van der Waals surface area (Å²) in [6.07, 6.45) is -2.30.